The maximum Gasteiger partial charge on any atom is 0.387 e. The van der Waals surface area contributed by atoms with E-state index in [9.17, 15) is 18.4 Å². The van der Waals surface area contributed by atoms with Crippen LogP contribution >= 0.6 is 0 Å². The monoisotopic (exact) mass is 230 g/mol. The molecule has 0 amide bonds. The molecule has 4 nitrogen and oxygen atoms in total. The molecule has 0 aliphatic carbocycles. The van der Waals surface area contributed by atoms with Crippen molar-refractivity contribution in [1.82, 2.24) is 0 Å². The van der Waals surface area contributed by atoms with Gasteiger partial charge >= 0.3 is 12.6 Å². The molecule has 1 rings (SSSR count). The summed E-state index contributed by atoms with van der Waals surface area (Å²) >= 11 is 0. The van der Waals surface area contributed by atoms with Crippen molar-refractivity contribution < 1.29 is 28.2 Å². The third kappa shape index (κ3) is 3.64. The molecule has 1 aromatic rings. The fraction of sp³-hybridized carbons (Fsp3) is 0.200. The first-order valence-electron chi connectivity index (χ1n) is 4.29. The Morgan fingerprint density at radius 2 is 1.81 bits per heavy atom. The molecular weight excluding hydrogens is 222 g/mol. The number of ketones is 1. The molecular formula is C10H8F2O4. The smallest absolute Gasteiger partial charge is 0.387 e. The molecule has 0 bridgehead atoms. The van der Waals surface area contributed by atoms with Crippen LogP contribution in [0.3, 0.4) is 0 Å². The zero-order chi connectivity index (χ0) is 12.1. The lowest BCUT2D eigenvalue weighted by Crippen LogP contribution is -2.07. The molecule has 0 saturated heterocycles. The standard InChI is InChI=1S/C10H8F2O4/c11-10(12)16-7-3-1-6(2-4-7)8(13)5-9(14)15/h1-4,10H,5H2,(H,14,15). The predicted octanol–water partition coefficient (Wildman–Crippen LogP) is 1.95. The third-order valence-electron chi connectivity index (χ3n) is 1.71. The highest BCUT2D eigenvalue weighted by molar-refractivity contribution is 6.05. The molecule has 0 aromatic heterocycles. The number of Topliss-reactive ketones (excluding diaryl/α,β-unsaturated/α-hetero) is 1. The zero-order valence-electron chi connectivity index (χ0n) is 8.02. The second kappa shape index (κ2) is 5.20. The summed E-state index contributed by atoms with van der Waals surface area (Å²) < 4.78 is 27.6. The number of halogens is 2. The largest absolute Gasteiger partial charge is 0.481 e. The van der Waals surface area contributed by atoms with Gasteiger partial charge in [-0.25, -0.2) is 0 Å². The minimum absolute atomic E-state index is 0.0816. The predicted molar refractivity (Wildman–Crippen MR) is 49.7 cm³/mol. The molecule has 0 radical (unpaired) electrons. The average Bonchev–Trinajstić information content (AvgIpc) is 2.16. The molecule has 0 aliphatic heterocycles. The van der Waals surface area contributed by atoms with E-state index in [0.717, 1.165) is 0 Å². The van der Waals surface area contributed by atoms with Crippen molar-refractivity contribution >= 4 is 11.8 Å². The maximum atomic E-state index is 11.8. The van der Waals surface area contributed by atoms with Crippen LogP contribution in [-0.4, -0.2) is 23.5 Å². The fourth-order valence-electron chi connectivity index (χ4n) is 1.06. The fourth-order valence-corrected chi connectivity index (χ4v) is 1.06. The molecule has 0 atom stereocenters. The zero-order valence-corrected chi connectivity index (χ0v) is 8.02. The number of ether oxygens (including phenoxy) is 1. The number of rotatable bonds is 5. The molecule has 0 unspecified atom stereocenters. The van der Waals surface area contributed by atoms with Crippen LogP contribution < -0.4 is 4.74 Å². The van der Waals surface area contributed by atoms with E-state index in [0.29, 0.717) is 0 Å². The summed E-state index contributed by atoms with van der Waals surface area (Å²) in [5.74, 6) is -1.91. The van der Waals surface area contributed by atoms with Crippen LogP contribution in [0.2, 0.25) is 0 Å². The average molecular weight is 230 g/mol. The van der Waals surface area contributed by atoms with Crippen LogP contribution in [0.1, 0.15) is 16.8 Å². The Morgan fingerprint density at radius 3 is 2.25 bits per heavy atom. The van der Waals surface area contributed by atoms with Gasteiger partial charge in [-0.2, -0.15) is 8.78 Å². The summed E-state index contributed by atoms with van der Waals surface area (Å²) in [4.78, 5) is 21.5. The SMILES string of the molecule is O=C(O)CC(=O)c1ccc(OC(F)F)cc1. The van der Waals surface area contributed by atoms with Crippen molar-refractivity contribution in [1.29, 1.82) is 0 Å². The summed E-state index contributed by atoms with van der Waals surface area (Å²) in [7, 11) is 0. The highest BCUT2D eigenvalue weighted by atomic mass is 19.3. The number of carboxylic acids is 1. The molecule has 0 spiro atoms. The van der Waals surface area contributed by atoms with Gasteiger partial charge in [-0.3, -0.25) is 9.59 Å². The number of benzene rings is 1. The molecule has 16 heavy (non-hydrogen) atoms. The van der Waals surface area contributed by atoms with Gasteiger partial charge in [0.25, 0.3) is 0 Å². The van der Waals surface area contributed by atoms with Gasteiger partial charge in [-0.1, -0.05) is 0 Å². The van der Waals surface area contributed by atoms with Crippen LogP contribution in [0, 0.1) is 0 Å². The van der Waals surface area contributed by atoms with Gasteiger partial charge in [0.15, 0.2) is 5.78 Å². The molecule has 1 aromatic carbocycles. The third-order valence-corrected chi connectivity index (χ3v) is 1.71. The summed E-state index contributed by atoms with van der Waals surface area (Å²) in [6, 6.07) is 4.84. The number of carbonyl (C=O) groups excluding carboxylic acids is 1. The second-order valence-electron chi connectivity index (χ2n) is 2.90. The summed E-state index contributed by atoms with van der Waals surface area (Å²) in [6.07, 6.45) is -0.630. The van der Waals surface area contributed by atoms with E-state index < -0.39 is 24.8 Å². The lowest BCUT2D eigenvalue weighted by atomic mass is 10.1. The van der Waals surface area contributed by atoms with Crippen LogP contribution in [0.4, 0.5) is 8.78 Å². The molecule has 86 valence electrons. The molecule has 6 heteroatoms. The number of carboxylic acid groups (broad SMARTS) is 1. The van der Waals surface area contributed by atoms with E-state index in [1.54, 1.807) is 0 Å². The van der Waals surface area contributed by atoms with Gasteiger partial charge in [-0.15, -0.1) is 0 Å². The number of hydrogen-bond acceptors (Lipinski definition) is 3. The van der Waals surface area contributed by atoms with Crippen LogP contribution in [0.15, 0.2) is 24.3 Å². The van der Waals surface area contributed by atoms with E-state index in [4.69, 9.17) is 5.11 Å². The minimum Gasteiger partial charge on any atom is -0.481 e. The molecule has 0 fully saturated rings. The lowest BCUT2D eigenvalue weighted by Gasteiger charge is -2.04. The van der Waals surface area contributed by atoms with E-state index >= 15 is 0 Å². The molecule has 0 saturated carbocycles. The van der Waals surface area contributed by atoms with Crippen LogP contribution in [0.5, 0.6) is 5.75 Å². The van der Waals surface area contributed by atoms with Gasteiger partial charge in [-0.05, 0) is 24.3 Å². The quantitative estimate of drug-likeness (QED) is 0.620. The van der Waals surface area contributed by atoms with Crippen molar-refractivity contribution in [2.45, 2.75) is 13.0 Å². The van der Waals surface area contributed by atoms with Gasteiger partial charge in [0.1, 0.15) is 12.2 Å². The van der Waals surface area contributed by atoms with Crippen LogP contribution in [-0.2, 0) is 4.79 Å². The van der Waals surface area contributed by atoms with Gasteiger partial charge < -0.3 is 9.84 Å². The van der Waals surface area contributed by atoms with Crippen molar-refractivity contribution in [2.75, 3.05) is 0 Å². The Labute approximate surface area is 89.5 Å². The molecule has 1 N–H and O–H groups in total. The van der Waals surface area contributed by atoms with Gasteiger partial charge in [0.2, 0.25) is 0 Å². The van der Waals surface area contributed by atoms with Crippen molar-refractivity contribution in [3.8, 4) is 5.75 Å². The van der Waals surface area contributed by atoms with E-state index in [-0.39, 0.29) is 11.3 Å². The summed E-state index contributed by atoms with van der Waals surface area (Å²) in [5.41, 5.74) is 0.143. The van der Waals surface area contributed by atoms with E-state index in [1.165, 1.54) is 24.3 Å². The van der Waals surface area contributed by atoms with Gasteiger partial charge in [0.05, 0.1) is 0 Å². The molecule has 0 heterocycles. The van der Waals surface area contributed by atoms with Crippen LogP contribution in [0.25, 0.3) is 0 Å². The number of carbonyl (C=O) groups is 2. The maximum absolute atomic E-state index is 11.8. The lowest BCUT2D eigenvalue weighted by molar-refractivity contribution is -0.135. The Balaban J connectivity index is 2.71. The summed E-state index contributed by atoms with van der Waals surface area (Å²) in [6.45, 7) is -2.93. The van der Waals surface area contributed by atoms with Crippen molar-refractivity contribution in [3.63, 3.8) is 0 Å². The first kappa shape index (κ1) is 12.1. The normalized spacial score (nSPS) is 10.2. The Kier molecular flexibility index (Phi) is 3.93. The Hall–Kier alpha value is -1.98. The van der Waals surface area contributed by atoms with E-state index in [2.05, 4.69) is 4.74 Å². The first-order valence-corrected chi connectivity index (χ1v) is 4.29. The Bertz CT molecular complexity index is 386. The topological polar surface area (TPSA) is 63.6 Å². The van der Waals surface area contributed by atoms with Gasteiger partial charge in [0, 0.05) is 5.56 Å². The minimum atomic E-state index is -2.93. The van der Waals surface area contributed by atoms with E-state index in [1.807, 2.05) is 0 Å². The summed E-state index contributed by atoms with van der Waals surface area (Å²) in [5, 5.41) is 8.37. The number of aliphatic carboxylic acids is 1. The van der Waals surface area contributed by atoms with Crippen molar-refractivity contribution in [2.24, 2.45) is 0 Å². The number of alkyl halides is 2. The second-order valence-corrected chi connectivity index (χ2v) is 2.90. The van der Waals surface area contributed by atoms with Crippen molar-refractivity contribution in [3.05, 3.63) is 29.8 Å². The number of hydrogen-bond donors (Lipinski definition) is 1. The highest BCUT2D eigenvalue weighted by Crippen LogP contribution is 2.15. The Morgan fingerprint density at radius 1 is 1.25 bits per heavy atom. The first-order chi connectivity index (χ1) is 7.49. The molecule has 0 aliphatic rings. The highest BCUT2D eigenvalue weighted by Gasteiger charge is 2.11.